The average Bonchev–Trinajstić information content (AvgIpc) is 2.89. The summed E-state index contributed by atoms with van der Waals surface area (Å²) in [6.45, 7) is 5.17. The molecule has 0 saturated heterocycles. The maximum atomic E-state index is 5.92. The number of halogens is 1. The van der Waals surface area contributed by atoms with Crippen LogP contribution in [0.15, 0.2) is 35.6 Å². The van der Waals surface area contributed by atoms with Gasteiger partial charge in [-0.15, -0.1) is 0 Å². The molecule has 7 heteroatoms. The lowest BCUT2D eigenvalue weighted by molar-refractivity contribution is 0.530. The van der Waals surface area contributed by atoms with Gasteiger partial charge < -0.3 is 10.3 Å². The van der Waals surface area contributed by atoms with Gasteiger partial charge in [0.1, 0.15) is 10.5 Å². The molecule has 0 aliphatic carbocycles. The zero-order valence-corrected chi connectivity index (χ0v) is 14.6. The largest absolute Gasteiger partial charge is 0.368 e. The lowest BCUT2D eigenvalue weighted by atomic mass is 10.2. The highest BCUT2D eigenvalue weighted by Gasteiger charge is 2.13. The highest BCUT2D eigenvalue weighted by atomic mass is 35.5. The Labute approximate surface area is 144 Å². The maximum Gasteiger partial charge on any atom is 0.223 e. The molecule has 0 amide bonds. The van der Waals surface area contributed by atoms with Gasteiger partial charge in [0.05, 0.1) is 6.33 Å². The Kier molecular flexibility index (Phi) is 4.73. The van der Waals surface area contributed by atoms with Gasteiger partial charge in [0, 0.05) is 17.3 Å². The Hall–Kier alpha value is -1.79. The Balaban J connectivity index is 1.88. The molecule has 23 heavy (non-hydrogen) atoms. The average molecular weight is 348 g/mol. The van der Waals surface area contributed by atoms with Crippen molar-refractivity contribution in [2.75, 3.05) is 5.73 Å². The van der Waals surface area contributed by atoms with E-state index in [0.717, 1.165) is 33.5 Å². The van der Waals surface area contributed by atoms with E-state index in [4.69, 9.17) is 17.3 Å². The topological polar surface area (TPSA) is 69.6 Å². The molecule has 2 heterocycles. The van der Waals surface area contributed by atoms with Gasteiger partial charge >= 0.3 is 0 Å². The van der Waals surface area contributed by atoms with Crippen LogP contribution in [-0.4, -0.2) is 19.5 Å². The number of nitrogen functional groups attached to an aromatic ring is 1. The summed E-state index contributed by atoms with van der Waals surface area (Å²) in [6.07, 6.45) is 1.81. The van der Waals surface area contributed by atoms with Crippen LogP contribution < -0.4 is 5.73 Å². The summed E-state index contributed by atoms with van der Waals surface area (Å²) in [6, 6.07) is 7.79. The summed E-state index contributed by atoms with van der Waals surface area (Å²) in [4.78, 5) is 13.2. The van der Waals surface area contributed by atoms with Crippen molar-refractivity contribution in [1.82, 2.24) is 19.5 Å². The number of imidazole rings is 1. The number of fused-ring (bicyclic) bond motifs is 1. The van der Waals surface area contributed by atoms with Crippen LogP contribution in [0, 0.1) is 5.92 Å². The van der Waals surface area contributed by atoms with Crippen LogP contribution in [0.4, 0.5) is 5.95 Å². The van der Waals surface area contributed by atoms with Crippen molar-refractivity contribution in [3.05, 3.63) is 41.2 Å². The van der Waals surface area contributed by atoms with Crippen molar-refractivity contribution >= 4 is 40.5 Å². The number of rotatable bonds is 5. The van der Waals surface area contributed by atoms with E-state index >= 15 is 0 Å². The Morgan fingerprint density at radius 3 is 2.65 bits per heavy atom. The quantitative estimate of drug-likeness (QED) is 0.557. The van der Waals surface area contributed by atoms with Crippen molar-refractivity contribution in [2.45, 2.75) is 31.2 Å². The van der Waals surface area contributed by atoms with Gasteiger partial charge in [-0.2, -0.15) is 4.98 Å². The summed E-state index contributed by atoms with van der Waals surface area (Å²) < 4.78 is 2.03. The molecule has 3 rings (SSSR count). The molecule has 2 aromatic heterocycles. The van der Waals surface area contributed by atoms with E-state index in [-0.39, 0.29) is 5.95 Å². The lowest BCUT2D eigenvalue weighted by Gasteiger charge is -2.08. The highest BCUT2D eigenvalue weighted by Crippen LogP contribution is 2.28. The zero-order valence-electron chi connectivity index (χ0n) is 13.0. The van der Waals surface area contributed by atoms with Crippen LogP contribution in [0.25, 0.3) is 11.2 Å². The first-order chi connectivity index (χ1) is 11.0. The molecule has 0 saturated carbocycles. The number of benzene rings is 1. The molecule has 0 aliphatic heterocycles. The number of hydrogen-bond donors (Lipinski definition) is 1. The normalized spacial score (nSPS) is 11.5. The first kappa shape index (κ1) is 16.1. The number of thioether (sulfide) groups is 1. The Bertz CT molecular complexity index is 813. The molecule has 5 nitrogen and oxygen atoms in total. The third kappa shape index (κ3) is 3.76. The van der Waals surface area contributed by atoms with Crippen molar-refractivity contribution in [3.63, 3.8) is 0 Å². The molecule has 0 fully saturated rings. The van der Waals surface area contributed by atoms with E-state index in [1.165, 1.54) is 5.56 Å². The molecule has 0 aliphatic rings. The van der Waals surface area contributed by atoms with Crippen LogP contribution in [0.3, 0.4) is 0 Å². The first-order valence-electron chi connectivity index (χ1n) is 7.38. The first-order valence-corrected chi connectivity index (χ1v) is 8.75. The van der Waals surface area contributed by atoms with Crippen molar-refractivity contribution in [1.29, 1.82) is 0 Å². The van der Waals surface area contributed by atoms with Crippen LogP contribution in [-0.2, 0) is 12.3 Å². The predicted molar refractivity (Wildman–Crippen MR) is 95.6 cm³/mol. The molecule has 0 radical (unpaired) electrons. The van der Waals surface area contributed by atoms with Crippen LogP contribution in [0.1, 0.15) is 19.4 Å². The van der Waals surface area contributed by atoms with E-state index < -0.39 is 0 Å². The summed E-state index contributed by atoms with van der Waals surface area (Å²) in [5, 5.41) is 1.55. The maximum absolute atomic E-state index is 5.92. The van der Waals surface area contributed by atoms with E-state index in [1.807, 2.05) is 35.2 Å². The molecule has 120 valence electrons. The van der Waals surface area contributed by atoms with Crippen LogP contribution in [0.5, 0.6) is 0 Å². The third-order valence-corrected chi connectivity index (χ3v) is 4.59. The molecule has 2 N–H and O–H groups in total. The predicted octanol–water partition coefficient (Wildman–Crippen LogP) is 4.01. The number of anilines is 1. The van der Waals surface area contributed by atoms with E-state index in [1.54, 1.807) is 11.8 Å². The minimum absolute atomic E-state index is 0.279. The second-order valence-corrected chi connectivity index (χ2v) is 7.17. The van der Waals surface area contributed by atoms with Gasteiger partial charge in [-0.05, 0) is 23.6 Å². The van der Waals surface area contributed by atoms with Crippen LogP contribution in [0.2, 0.25) is 5.02 Å². The van der Waals surface area contributed by atoms with Crippen molar-refractivity contribution in [3.8, 4) is 0 Å². The summed E-state index contributed by atoms with van der Waals surface area (Å²) in [5.41, 5.74) is 8.65. The second-order valence-electron chi connectivity index (χ2n) is 5.77. The monoisotopic (exact) mass is 347 g/mol. The Morgan fingerprint density at radius 2 is 1.96 bits per heavy atom. The number of aromatic nitrogens is 4. The smallest absolute Gasteiger partial charge is 0.223 e. The summed E-state index contributed by atoms with van der Waals surface area (Å²) >= 11 is 7.52. The molecular weight excluding hydrogens is 330 g/mol. The Morgan fingerprint density at radius 1 is 1.22 bits per heavy atom. The van der Waals surface area contributed by atoms with E-state index in [2.05, 4.69) is 28.8 Å². The van der Waals surface area contributed by atoms with Gasteiger partial charge in [-0.1, -0.05) is 49.3 Å². The van der Waals surface area contributed by atoms with Gasteiger partial charge in [-0.25, -0.2) is 9.97 Å². The zero-order chi connectivity index (χ0) is 16.4. The highest BCUT2D eigenvalue weighted by molar-refractivity contribution is 7.98. The molecule has 0 atom stereocenters. The fraction of sp³-hybridized carbons (Fsp3) is 0.312. The van der Waals surface area contributed by atoms with Crippen molar-refractivity contribution < 1.29 is 0 Å². The second kappa shape index (κ2) is 6.76. The van der Waals surface area contributed by atoms with Crippen molar-refractivity contribution in [2.24, 2.45) is 5.92 Å². The fourth-order valence-electron chi connectivity index (χ4n) is 2.29. The minimum Gasteiger partial charge on any atom is -0.368 e. The molecule has 0 bridgehead atoms. The molecule has 1 aromatic carbocycles. The summed E-state index contributed by atoms with van der Waals surface area (Å²) in [5.74, 6) is 1.56. The van der Waals surface area contributed by atoms with Gasteiger partial charge in [0.15, 0.2) is 5.65 Å². The molecule has 0 spiro atoms. The summed E-state index contributed by atoms with van der Waals surface area (Å²) in [7, 11) is 0. The third-order valence-electron chi connectivity index (χ3n) is 3.30. The lowest BCUT2D eigenvalue weighted by Crippen LogP contribution is -2.05. The van der Waals surface area contributed by atoms with Gasteiger partial charge in [0.25, 0.3) is 0 Å². The molecule has 0 unspecified atom stereocenters. The van der Waals surface area contributed by atoms with Crippen LogP contribution >= 0.6 is 23.4 Å². The van der Waals surface area contributed by atoms with E-state index in [0.29, 0.717) is 5.92 Å². The standard InChI is InChI=1S/C16H18ClN5S/c1-10(2)7-22-9-19-13-14(22)20-16(18)21-15(13)23-8-11-3-5-12(17)6-4-11/h3-6,9-10H,7-8H2,1-2H3,(H2,18,20,21). The SMILES string of the molecule is CC(C)Cn1cnc2c(SCc3ccc(Cl)cc3)nc(N)nc21. The number of nitrogens with two attached hydrogens (primary N) is 1. The van der Waals surface area contributed by atoms with Gasteiger partial charge in [0.2, 0.25) is 5.95 Å². The molecule has 3 aromatic rings. The molecular formula is C16H18ClN5S. The van der Waals surface area contributed by atoms with E-state index in [9.17, 15) is 0 Å². The minimum atomic E-state index is 0.279. The fourth-order valence-corrected chi connectivity index (χ4v) is 3.35. The van der Waals surface area contributed by atoms with Gasteiger partial charge in [-0.3, -0.25) is 0 Å². The number of hydrogen-bond acceptors (Lipinski definition) is 5. The number of nitrogens with zero attached hydrogens (tertiary/aromatic N) is 4.